The largest absolute Gasteiger partial charge is 0.495 e. The summed E-state index contributed by atoms with van der Waals surface area (Å²) < 4.78 is 32.9. The van der Waals surface area contributed by atoms with Gasteiger partial charge in [-0.05, 0) is 36.9 Å². The van der Waals surface area contributed by atoms with Gasteiger partial charge in [0, 0.05) is 18.7 Å². The maximum Gasteiger partial charge on any atom is 0.262 e. The number of amides is 1. The van der Waals surface area contributed by atoms with Crippen molar-refractivity contribution in [3.05, 3.63) is 54.1 Å². The van der Waals surface area contributed by atoms with E-state index < -0.39 is 10.0 Å². The Labute approximate surface area is 166 Å². The lowest BCUT2D eigenvalue weighted by molar-refractivity contribution is 0.0953. The lowest BCUT2D eigenvalue weighted by Gasteiger charge is -2.12. The smallest absolute Gasteiger partial charge is 0.262 e. The van der Waals surface area contributed by atoms with Crippen molar-refractivity contribution in [2.24, 2.45) is 0 Å². The van der Waals surface area contributed by atoms with Gasteiger partial charge < -0.3 is 15.4 Å². The van der Waals surface area contributed by atoms with Gasteiger partial charge >= 0.3 is 0 Å². The number of ether oxygens (including phenoxy) is 1. The number of likely N-dealkylation sites (N-methyl/N-ethyl adjacent to an activating group) is 1. The number of nitrogens with one attached hydrogen (secondary N) is 3. The van der Waals surface area contributed by atoms with E-state index in [9.17, 15) is 13.2 Å². The van der Waals surface area contributed by atoms with Crippen LogP contribution in [-0.4, -0.2) is 41.1 Å². The van der Waals surface area contributed by atoms with Crippen molar-refractivity contribution in [1.29, 1.82) is 0 Å². The Morgan fingerprint density at radius 2 is 1.81 bits per heavy atom. The topological polar surface area (TPSA) is 96.5 Å². The Morgan fingerprint density at radius 3 is 2.52 bits per heavy atom. The quantitative estimate of drug-likeness (QED) is 0.548. The van der Waals surface area contributed by atoms with Crippen LogP contribution in [0.1, 0.15) is 17.3 Å². The average molecular weight is 414 g/mol. The van der Waals surface area contributed by atoms with E-state index in [1.165, 1.54) is 25.3 Å². The summed E-state index contributed by atoms with van der Waals surface area (Å²) in [6.45, 7) is 3.90. The van der Waals surface area contributed by atoms with Crippen LogP contribution in [0, 0.1) is 0 Å². The molecule has 1 amide bonds. The number of anilines is 1. The third kappa shape index (κ3) is 6.42. The van der Waals surface area contributed by atoms with E-state index in [0.717, 1.165) is 6.54 Å². The maximum absolute atomic E-state index is 12.6. The van der Waals surface area contributed by atoms with Gasteiger partial charge in [0.1, 0.15) is 5.75 Å². The van der Waals surface area contributed by atoms with Gasteiger partial charge in [-0.2, -0.15) is 0 Å². The lowest BCUT2D eigenvalue weighted by atomic mass is 10.2. The van der Waals surface area contributed by atoms with Gasteiger partial charge in [0.15, 0.2) is 0 Å². The molecule has 3 N–H and O–H groups in total. The molecule has 0 radical (unpaired) electrons. The second-order valence-electron chi connectivity index (χ2n) is 5.44. The SMILES string of the molecule is CCNCCNC(=O)c1cccc(S(=O)(=O)Nc2ccccc2OC)c1.Cl. The van der Waals surface area contributed by atoms with Crippen LogP contribution >= 0.6 is 12.4 Å². The molecule has 0 saturated heterocycles. The van der Waals surface area contributed by atoms with Crippen LogP contribution in [0.5, 0.6) is 5.75 Å². The fourth-order valence-corrected chi connectivity index (χ4v) is 3.40. The number of methoxy groups -OCH3 is 1. The first-order valence-corrected chi connectivity index (χ1v) is 9.71. The molecule has 148 valence electrons. The van der Waals surface area contributed by atoms with Gasteiger partial charge in [-0.1, -0.05) is 25.1 Å². The number of hydrogen-bond acceptors (Lipinski definition) is 5. The molecule has 7 nitrogen and oxygen atoms in total. The number of para-hydroxylation sites is 2. The zero-order chi connectivity index (χ0) is 19.0. The fourth-order valence-electron chi connectivity index (χ4n) is 2.28. The molecule has 0 atom stereocenters. The zero-order valence-electron chi connectivity index (χ0n) is 15.2. The molecule has 0 heterocycles. The summed E-state index contributed by atoms with van der Waals surface area (Å²) in [6.07, 6.45) is 0. The minimum absolute atomic E-state index is 0. The summed E-state index contributed by atoms with van der Waals surface area (Å²) in [5, 5.41) is 5.84. The van der Waals surface area contributed by atoms with Crippen molar-refractivity contribution in [3.63, 3.8) is 0 Å². The molecule has 0 spiro atoms. The van der Waals surface area contributed by atoms with Crippen LogP contribution in [0.3, 0.4) is 0 Å². The third-order valence-electron chi connectivity index (χ3n) is 3.60. The average Bonchev–Trinajstić information content (AvgIpc) is 2.65. The summed E-state index contributed by atoms with van der Waals surface area (Å²) in [5.74, 6) is 0.0886. The first-order valence-electron chi connectivity index (χ1n) is 8.22. The molecular formula is C18H24ClN3O4S. The third-order valence-corrected chi connectivity index (χ3v) is 4.96. The number of hydrogen-bond donors (Lipinski definition) is 3. The summed E-state index contributed by atoms with van der Waals surface area (Å²) in [4.78, 5) is 12.2. The Bertz CT molecular complexity index is 859. The van der Waals surface area contributed by atoms with E-state index in [4.69, 9.17) is 4.74 Å². The van der Waals surface area contributed by atoms with Crippen LogP contribution < -0.4 is 20.1 Å². The van der Waals surface area contributed by atoms with Gasteiger partial charge in [-0.25, -0.2) is 8.42 Å². The van der Waals surface area contributed by atoms with E-state index in [1.807, 2.05) is 6.92 Å². The molecule has 9 heteroatoms. The Kier molecular flexibility index (Phi) is 9.07. The molecule has 0 aliphatic heterocycles. The molecule has 2 aromatic rings. The Morgan fingerprint density at radius 1 is 1.07 bits per heavy atom. The number of halogens is 1. The zero-order valence-corrected chi connectivity index (χ0v) is 16.8. The first kappa shape index (κ1) is 22.8. The lowest BCUT2D eigenvalue weighted by Crippen LogP contribution is -2.31. The molecule has 0 unspecified atom stereocenters. The van der Waals surface area contributed by atoms with E-state index in [-0.39, 0.29) is 28.8 Å². The van der Waals surface area contributed by atoms with Crippen molar-refractivity contribution in [1.82, 2.24) is 10.6 Å². The molecular weight excluding hydrogens is 390 g/mol. The van der Waals surface area contributed by atoms with E-state index in [1.54, 1.807) is 30.3 Å². The van der Waals surface area contributed by atoms with Gasteiger partial charge in [0.2, 0.25) is 0 Å². The molecule has 2 aromatic carbocycles. The number of carbonyl (C=O) groups excluding carboxylic acids is 1. The Balaban J connectivity index is 0.00000364. The normalized spacial score (nSPS) is 10.6. The summed E-state index contributed by atoms with van der Waals surface area (Å²) in [6, 6.07) is 12.6. The molecule has 0 aliphatic carbocycles. The molecule has 0 aromatic heterocycles. The molecule has 0 bridgehead atoms. The molecule has 0 saturated carbocycles. The van der Waals surface area contributed by atoms with E-state index in [0.29, 0.717) is 24.5 Å². The molecule has 27 heavy (non-hydrogen) atoms. The van der Waals surface area contributed by atoms with Gasteiger partial charge in [-0.15, -0.1) is 12.4 Å². The predicted octanol–water partition coefficient (Wildman–Crippen LogP) is 2.26. The maximum atomic E-state index is 12.6. The van der Waals surface area contributed by atoms with Crippen LogP contribution in [-0.2, 0) is 10.0 Å². The van der Waals surface area contributed by atoms with Crippen molar-refractivity contribution in [3.8, 4) is 5.75 Å². The highest BCUT2D eigenvalue weighted by Crippen LogP contribution is 2.26. The fraction of sp³-hybridized carbons (Fsp3) is 0.278. The van der Waals surface area contributed by atoms with E-state index in [2.05, 4.69) is 15.4 Å². The van der Waals surface area contributed by atoms with Crippen molar-refractivity contribution >= 4 is 34.0 Å². The number of rotatable bonds is 9. The minimum atomic E-state index is -3.85. The molecule has 0 fully saturated rings. The number of benzene rings is 2. The first-order chi connectivity index (χ1) is 12.5. The Hall–Kier alpha value is -2.29. The van der Waals surface area contributed by atoms with Gasteiger partial charge in [-0.3, -0.25) is 9.52 Å². The highest BCUT2D eigenvalue weighted by molar-refractivity contribution is 7.92. The summed E-state index contributed by atoms with van der Waals surface area (Å²) >= 11 is 0. The van der Waals surface area contributed by atoms with Crippen LogP contribution in [0.4, 0.5) is 5.69 Å². The van der Waals surface area contributed by atoms with Crippen molar-refractivity contribution < 1.29 is 17.9 Å². The van der Waals surface area contributed by atoms with Crippen LogP contribution in [0.25, 0.3) is 0 Å². The predicted molar refractivity (Wildman–Crippen MR) is 108 cm³/mol. The molecule has 0 aliphatic rings. The molecule has 2 rings (SSSR count). The summed E-state index contributed by atoms with van der Waals surface area (Å²) in [5.41, 5.74) is 0.611. The van der Waals surface area contributed by atoms with Gasteiger partial charge in [0.05, 0.1) is 17.7 Å². The minimum Gasteiger partial charge on any atom is -0.495 e. The van der Waals surface area contributed by atoms with Gasteiger partial charge in [0.25, 0.3) is 15.9 Å². The number of carbonyl (C=O) groups is 1. The van der Waals surface area contributed by atoms with E-state index >= 15 is 0 Å². The van der Waals surface area contributed by atoms with Crippen LogP contribution in [0.2, 0.25) is 0 Å². The standard InChI is InChI=1S/C18H23N3O4S.ClH/c1-3-19-11-12-20-18(22)14-7-6-8-15(13-14)26(23,24)21-16-9-4-5-10-17(16)25-2;/h4-10,13,19,21H,3,11-12H2,1-2H3,(H,20,22);1H. The monoisotopic (exact) mass is 413 g/mol. The van der Waals surface area contributed by atoms with Crippen molar-refractivity contribution in [2.75, 3.05) is 31.5 Å². The second kappa shape index (κ2) is 10.8. The highest BCUT2D eigenvalue weighted by atomic mass is 35.5. The van der Waals surface area contributed by atoms with Crippen LogP contribution in [0.15, 0.2) is 53.4 Å². The second-order valence-corrected chi connectivity index (χ2v) is 7.13. The number of sulfonamides is 1. The van der Waals surface area contributed by atoms with Crippen molar-refractivity contribution in [2.45, 2.75) is 11.8 Å². The summed E-state index contributed by atoms with van der Waals surface area (Å²) in [7, 11) is -2.39. The highest BCUT2D eigenvalue weighted by Gasteiger charge is 2.18.